The lowest BCUT2D eigenvalue weighted by Gasteiger charge is -2.28. The number of nitrogens with zero attached hydrogens (tertiary/aromatic N) is 6. The van der Waals surface area contributed by atoms with E-state index in [9.17, 15) is 9.59 Å². The number of likely N-dealkylation sites (tertiary alicyclic amines) is 1. The maximum atomic E-state index is 13.9. The summed E-state index contributed by atoms with van der Waals surface area (Å²) in [5.74, 6) is 1.22. The van der Waals surface area contributed by atoms with Crippen LogP contribution in [0.2, 0.25) is 0 Å². The van der Waals surface area contributed by atoms with Gasteiger partial charge in [0.05, 0.1) is 25.0 Å². The molecule has 0 spiro atoms. The van der Waals surface area contributed by atoms with Crippen molar-refractivity contribution in [3.63, 3.8) is 0 Å². The van der Waals surface area contributed by atoms with Crippen molar-refractivity contribution in [3.05, 3.63) is 72.1 Å². The van der Waals surface area contributed by atoms with Gasteiger partial charge >= 0.3 is 12.2 Å². The molecule has 242 valence electrons. The Labute approximate surface area is 269 Å². The summed E-state index contributed by atoms with van der Waals surface area (Å²) in [4.78, 5) is 39.1. The molecule has 2 fully saturated rings. The highest BCUT2D eigenvalue weighted by atomic mass is 16.6. The van der Waals surface area contributed by atoms with Crippen molar-refractivity contribution in [1.29, 1.82) is 0 Å². The van der Waals surface area contributed by atoms with Gasteiger partial charge in [0.2, 0.25) is 5.88 Å². The molecule has 3 aromatic heterocycles. The largest absolute Gasteiger partial charge is 0.472 e. The third-order valence-corrected chi connectivity index (χ3v) is 7.70. The van der Waals surface area contributed by atoms with Crippen LogP contribution in [0.15, 0.2) is 60.9 Å². The van der Waals surface area contributed by atoms with E-state index in [2.05, 4.69) is 10.1 Å². The molecule has 1 atom stereocenters. The molecule has 0 bridgehead atoms. The minimum atomic E-state index is -0.720. The van der Waals surface area contributed by atoms with Gasteiger partial charge in [-0.1, -0.05) is 30.3 Å². The molecule has 0 N–H and O–H groups in total. The Balaban J connectivity index is 1.33. The minimum absolute atomic E-state index is 0.227. The molecule has 11 nitrogen and oxygen atoms in total. The molecule has 0 unspecified atom stereocenters. The maximum Gasteiger partial charge on any atom is 0.416 e. The average molecular weight is 627 g/mol. The van der Waals surface area contributed by atoms with Crippen molar-refractivity contribution >= 4 is 23.7 Å². The zero-order valence-corrected chi connectivity index (χ0v) is 27.4. The van der Waals surface area contributed by atoms with Crippen LogP contribution in [0.1, 0.15) is 77.8 Å². The number of carbonyl (C=O) groups excluding carboxylic acids is 2. The fourth-order valence-corrected chi connectivity index (χ4v) is 5.42. The van der Waals surface area contributed by atoms with Crippen LogP contribution in [-0.2, 0) is 16.0 Å². The number of anilines is 1. The predicted octanol–water partition coefficient (Wildman–Crippen LogP) is 7.00. The molecule has 1 aliphatic heterocycles. The molecule has 46 heavy (non-hydrogen) atoms. The second kappa shape index (κ2) is 12.3. The van der Waals surface area contributed by atoms with Crippen LogP contribution in [0.25, 0.3) is 16.9 Å². The van der Waals surface area contributed by atoms with Crippen LogP contribution in [0.3, 0.4) is 0 Å². The summed E-state index contributed by atoms with van der Waals surface area (Å²) in [6, 6.07) is 15.5. The van der Waals surface area contributed by atoms with Crippen LogP contribution >= 0.6 is 0 Å². The molecule has 1 aliphatic carbocycles. The summed E-state index contributed by atoms with van der Waals surface area (Å²) in [6.45, 7) is 12.2. The molecule has 2 amide bonds. The number of rotatable bonds is 7. The first-order chi connectivity index (χ1) is 21.8. The fourth-order valence-electron chi connectivity index (χ4n) is 5.42. The number of amides is 2. The van der Waals surface area contributed by atoms with Gasteiger partial charge in [0, 0.05) is 36.4 Å². The number of hydrogen-bond donors (Lipinski definition) is 0. The first-order valence-electron chi connectivity index (χ1n) is 15.9. The molecular weight excluding hydrogens is 584 g/mol. The van der Waals surface area contributed by atoms with Crippen LogP contribution < -0.4 is 9.64 Å². The quantitative estimate of drug-likeness (QED) is 0.216. The van der Waals surface area contributed by atoms with Gasteiger partial charge in [0.25, 0.3) is 0 Å². The number of fused-ring (bicyclic) bond motifs is 1. The van der Waals surface area contributed by atoms with Crippen molar-refractivity contribution in [2.45, 2.75) is 90.6 Å². The molecule has 2 aliphatic rings. The Bertz CT molecular complexity index is 1700. The highest BCUT2D eigenvalue weighted by molar-refractivity contribution is 5.87. The monoisotopic (exact) mass is 626 g/mol. The van der Waals surface area contributed by atoms with Gasteiger partial charge in [-0.15, -0.1) is 0 Å². The summed E-state index contributed by atoms with van der Waals surface area (Å²) in [7, 11) is 0. The molecule has 6 rings (SSSR count). The molecule has 1 saturated heterocycles. The van der Waals surface area contributed by atoms with Crippen LogP contribution in [0, 0.1) is 0 Å². The average Bonchev–Trinajstić information content (AvgIpc) is 3.56. The summed E-state index contributed by atoms with van der Waals surface area (Å²) < 4.78 is 19.6. The lowest BCUT2D eigenvalue weighted by molar-refractivity contribution is 0.0274. The van der Waals surface area contributed by atoms with Crippen molar-refractivity contribution in [3.8, 4) is 17.1 Å². The van der Waals surface area contributed by atoms with E-state index in [1.54, 1.807) is 26.6 Å². The lowest BCUT2D eigenvalue weighted by atomic mass is 10.1. The van der Waals surface area contributed by atoms with Crippen molar-refractivity contribution in [2.75, 3.05) is 18.0 Å². The highest BCUT2D eigenvalue weighted by Crippen LogP contribution is 2.42. The number of hydrogen-bond acceptors (Lipinski definition) is 8. The SMILES string of the molecule is CC(C)(C)OC(=O)N1CC[C@H](Oc2cc(N(Cc3ccc(-c4ccccn4)cc3)C(=O)OC(C)(C)C)n3ncc(C4CC4)c3n2)C1. The van der Waals surface area contributed by atoms with Crippen LogP contribution in [-0.4, -0.2) is 67.1 Å². The van der Waals surface area contributed by atoms with E-state index in [4.69, 9.17) is 19.2 Å². The van der Waals surface area contributed by atoms with Gasteiger partial charge in [0.15, 0.2) is 5.65 Å². The first-order valence-corrected chi connectivity index (χ1v) is 15.9. The van der Waals surface area contributed by atoms with E-state index >= 15 is 0 Å². The Morgan fingerprint density at radius 1 is 0.957 bits per heavy atom. The number of benzene rings is 1. The van der Waals surface area contributed by atoms with E-state index < -0.39 is 17.3 Å². The number of ether oxygens (including phenoxy) is 3. The van der Waals surface area contributed by atoms with Gasteiger partial charge in [-0.3, -0.25) is 9.88 Å². The van der Waals surface area contributed by atoms with Crippen molar-refractivity contribution in [1.82, 2.24) is 24.5 Å². The zero-order chi connectivity index (χ0) is 32.6. The Kier molecular flexibility index (Phi) is 8.35. The Morgan fingerprint density at radius 3 is 2.35 bits per heavy atom. The number of aromatic nitrogens is 4. The summed E-state index contributed by atoms with van der Waals surface area (Å²) in [5.41, 5.74) is 3.12. The third-order valence-electron chi connectivity index (χ3n) is 7.70. The minimum Gasteiger partial charge on any atom is -0.472 e. The van der Waals surface area contributed by atoms with Crippen LogP contribution in [0.4, 0.5) is 15.4 Å². The Morgan fingerprint density at radius 2 is 1.70 bits per heavy atom. The van der Waals surface area contributed by atoms with Crippen LogP contribution in [0.5, 0.6) is 5.88 Å². The molecule has 1 saturated carbocycles. The number of carbonyl (C=O) groups is 2. The molecule has 4 heterocycles. The lowest BCUT2D eigenvalue weighted by Crippen LogP contribution is -2.38. The summed E-state index contributed by atoms with van der Waals surface area (Å²) in [6.07, 6.45) is 5.21. The summed E-state index contributed by atoms with van der Waals surface area (Å²) in [5, 5.41) is 4.69. The van der Waals surface area contributed by atoms with Gasteiger partial charge in [-0.05, 0) is 78.0 Å². The second-order valence-corrected chi connectivity index (χ2v) is 14.0. The van der Waals surface area contributed by atoms with Crippen molar-refractivity contribution in [2.24, 2.45) is 0 Å². The van der Waals surface area contributed by atoms with E-state index in [1.165, 1.54) is 0 Å². The first kappa shape index (κ1) is 31.3. The van der Waals surface area contributed by atoms with Gasteiger partial charge in [-0.2, -0.15) is 14.6 Å². The maximum absolute atomic E-state index is 13.9. The van der Waals surface area contributed by atoms with E-state index in [1.807, 2.05) is 90.2 Å². The fraction of sp³-hybridized carbons (Fsp3) is 0.457. The molecule has 11 heteroatoms. The molecule has 4 aromatic rings. The molecule has 1 aromatic carbocycles. The number of pyridine rings is 1. The molecular formula is C35H42N6O5. The Hall–Kier alpha value is -4.67. The van der Waals surface area contributed by atoms with E-state index in [-0.39, 0.29) is 18.7 Å². The van der Waals surface area contributed by atoms with Gasteiger partial charge in [-0.25, -0.2) is 9.59 Å². The summed E-state index contributed by atoms with van der Waals surface area (Å²) >= 11 is 0. The van der Waals surface area contributed by atoms with E-state index in [0.717, 1.165) is 35.2 Å². The van der Waals surface area contributed by atoms with Gasteiger partial charge < -0.3 is 19.1 Å². The van der Waals surface area contributed by atoms with E-state index in [0.29, 0.717) is 42.8 Å². The van der Waals surface area contributed by atoms with Gasteiger partial charge in [0.1, 0.15) is 23.1 Å². The normalized spacial score (nSPS) is 16.8. The molecule has 0 radical (unpaired) electrons. The van der Waals surface area contributed by atoms with Crippen molar-refractivity contribution < 1.29 is 23.8 Å². The third kappa shape index (κ3) is 7.41. The topological polar surface area (TPSA) is 111 Å². The second-order valence-electron chi connectivity index (χ2n) is 14.0. The highest BCUT2D eigenvalue weighted by Gasteiger charge is 2.34. The smallest absolute Gasteiger partial charge is 0.416 e. The predicted molar refractivity (Wildman–Crippen MR) is 174 cm³/mol. The standard InChI is InChI=1S/C35H42N6O5/c1-34(2,3)45-32(42)39-18-16-26(22-39)44-29-19-30(41-31(38-29)27(20-37-41)24-14-15-24)40(33(43)46-35(4,5)6)21-23-10-12-25(13-11-23)28-9-7-8-17-36-28/h7-13,17,19-20,24,26H,14-16,18,21-22H2,1-6H3/t26-/m0/s1. The zero-order valence-electron chi connectivity index (χ0n) is 27.4.